The Balaban J connectivity index is 1.53. The van der Waals surface area contributed by atoms with Crippen molar-refractivity contribution in [2.75, 3.05) is 19.8 Å². The first-order valence-corrected chi connectivity index (χ1v) is 7.70. The fourth-order valence-corrected chi connectivity index (χ4v) is 2.70. The number of rotatable bonds is 6. The van der Waals surface area contributed by atoms with Crippen LogP contribution in [0.2, 0.25) is 0 Å². The number of ether oxygens (including phenoxy) is 1. The average Bonchev–Trinajstić information content (AvgIpc) is 3.23. The quantitative estimate of drug-likeness (QED) is 0.833. The van der Waals surface area contributed by atoms with Gasteiger partial charge in [0.2, 0.25) is 0 Å². The molecular weight excluding hydrogens is 280 g/mol. The van der Waals surface area contributed by atoms with Gasteiger partial charge >= 0.3 is 0 Å². The number of benzene rings is 1. The van der Waals surface area contributed by atoms with Crippen LogP contribution in [-0.2, 0) is 4.74 Å². The van der Waals surface area contributed by atoms with Gasteiger partial charge in [0.05, 0.1) is 6.20 Å². The van der Waals surface area contributed by atoms with Crippen molar-refractivity contribution in [3.63, 3.8) is 0 Å². The number of hydrogen-bond acceptors (Lipinski definition) is 4. The molecule has 5 nitrogen and oxygen atoms in total. The zero-order valence-corrected chi connectivity index (χ0v) is 12.5. The predicted octanol–water partition coefficient (Wildman–Crippen LogP) is 2.89. The van der Waals surface area contributed by atoms with E-state index in [0.717, 1.165) is 38.0 Å². The highest BCUT2D eigenvalue weighted by Gasteiger charge is 2.18. The lowest BCUT2D eigenvalue weighted by molar-refractivity contribution is 0.0952. The number of amides is 1. The van der Waals surface area contributed by atoms with Crippen LogP contribution >= 0.6 is 0 Å². The van der Waals surface area contributed by atoms with Crippen molar-refractivity contribution in [2.24, 2.45) is 5.92 Å². The Morgan fingerprint density at radius 1 is 1.32 bits per heavy atom. The summed E-state index contributed by atoms with van der Waals surface area (Å²) in [6, 6.07) is 9.54. The topological polar surface area (TPSA) is 64.4 Å². The molecule has 1 amide bonds. The van der Waals surface area contributed by atoms with E-state index < -0.39 is 0 Å². The summed E-state index contributed by atoms with van der Waals surface area (Å²) in [4.78, 5) is 12.3. The Morgan fingerprint density at radius 2 is 2.18 bits per heavy atom. The molecule has 1 aliphatic heterocycles. The van der Waals surface area contributed by atoms with Crippen molar-refractivity contribution in [3.05, 3.63) is 42.1 Å². The fraction of sp³-hybridized carbons (Fsp3) is 0.412. The standard InChI is InChI=1S/C17H20N2O3/c20-17(18-9-4-5-13-8-10-21-12-13)15-11-19-22-16(15)14-6-2-1-3-7-14/h1-3,6-7,11,13H,4-5,8-10,12H2,(H,18,20). The number of hydrogen-bond donors (Lipinski definition) is 1. The van der Waals surface area contributed by atoms with Gasteiger partial charge in [0.1, 0.15) is 5.56 Å². The second kappa shape index (κ2) is 7.22. The molecule has 5 heteroatoms. The van der Waals surface area contributed by atoms with Gasteiger partial charge < -0.3 is 14.6 Å². The maximum atomic E-state index is 12.3. The highest BCUT2D eigenvalue weighted by atomic mass is 16.5. The fourth-order valence-electron chi connectivity index (χ4n) is 2.70. The Bertz CT molecular complexity index is 603. The Kier molecular flexibility index (Phi) is 4.85. The first-order chi connectivity index (χ1) is 10.8. The van der Waals surface area contributed by atoms with E-state index in [1.807, 2.05) is 30.3 Å². The van der Waals surface area contributed by atoms with Crippen molar-refractivity contribution >= 4 is 5.91 Å². The summed E-state index contributed by atoms with van der Waals surface area (Å²) in [5, 5.41) is 6.70. The van der Waals surface area contributed by atoms with E-state index in [4.69, 9.17) is 9.26 Å². The SMILES string of the molecule is O=C(NCCCC1CCOC1)c1cnoc1-c1ccccc1. The zero-order chi connectivity index (χ0) is 15.2. The van der Waals surface area contributed by atoms with E-state index in [0.29, 0.717) is 23.8 Å². The molecule has 1 saturated heterocycles. The number of nitrogens with one attached hydrogen (secondary N) is 1. The summed E-state index contributed by atoms with van der Waals surface area (Å²) >= 11 is 0. The van der Waals surface area contributed by atoms with Crippen LogP contribution in [0, 0.1) is 5.92 Å². The molecule has 2 heterocycles. The Hall–Kier alpha value is -2.14. The molecule has 1 aromatic heterocycles. The van der Waals surface area contributed by atoms with E-state index in [1.54, 1.807) is 0 Å². The largest absolute Gasteiger partial charge is 0.381 e. The minimum absolute atomic E-state index is 0.136. The van der Waals surface area contributed by atoms with Crippen LogP contribution in [-0.4, -0.2) is 30.8 Å². The summed E-state index contributed by atoms with van der Waals surface area (Å²) in [7, 11) is 0. The van der Waals surface area contributed by atoms with Crippen LogP contribution in [0.3, 0.4) is 0 Å². The lowest BCUT2D eigenvalue weighted by Gasteiger charge is -2.08. The molecule has 116 valence electrons. The van der Waals surface area contributed by atoms with Gasteiger partial charge in [-0.25, -0.2) is 0 Å². The molecular formula is C17H20N2O3. The minimum Gasteiger partial charge on any atom is -0.381 e. The molecule has 0 spiro atoms. The third kappa shape index (κ3) is 3.54. The second-order valence-electron chi connectivity index (χ2n) is 5.56. The zero-order valence-electron chi connectivity index (χ0n) is 12.5. The molecule has 0 bridgehead atoms. The van der Waals surface area contributed by atoms with Crippen LogP contribution in [0.5, 0.6) is 0 Å². The van der Waals surface area contributed by atoms with E-state index in [1.165, 1.54) is 6.20 Å². The van der Waals surface area contributed by atoms with Crippen molar-refractivity contribution in [3.8, 4) is 11.3 Å². The molecule has 0 radical (unpaired) electrons. The van der Waals surface area contributed by atoms with Gasteiger partial charge in [0.15, 0.2) is 5.76 Å². The van der Waals surface area contributed by atoms with Crippen molar-refractivity contribution in [2.45, 2.75) is 19.3 Å². The average molecular weight is 300 g/mol. The highest BCUT2D eigenvalue weighted by molar-refractivity contribution is 5.99. The molecule has 1 N–H and O–H groups in total. The maximum absolute atomic E-state index is 12.3. The van der Waals surface area contributed by atoms with Crippen molar-refractivity contribution in [1.82, 2.24) is 10.5 Å². The highest BCUT2D eigenvalue weighted by Crippen LogP contribution is 2.23. The first-order valence-electron chi connectivity index (χ1n) is 7.70. The summed E-state index contributed by atoms with van der Waals surface area (Å²) in [6.45, 7) is 2.39. The summed E-state index contributed by atoms with van der Waals surface area (Å²) in [5.41, 5.74) is 1.34. The molecule has 22 heavy (non-hydrogen) atoms. The molecule has 1 atom stereocenters. The molecule has 2 aromatic rings. The molecule has 1 unspecified atom stereocenters. The lowest BCUT2D eigenvalue weighted by atomic mass is 10.0. The van der Waals surface area contributed by atoms with Crippen molar-refractivity contribution in [1.29, 1.82) is 0 Å². The summed E-state index contributed by atoms with van der Waals surface area (Å²) < 4.78 is 10.6. The normalized spacial score (nSPS) is 17.5. The first kappa shape index (κ1) is 14.8. The number of aromatic nitrogens is 1. The van der Waals surface area contributed by atoms with Crippen LogP contribution in [0.4, 0.5) is 0 Å². The second-order valence-corrected chi connectivity index (χ2v) is 5.56. The van der Waals surface area contributed by atoms with E-state index in [9.17, 15) is 4.79 Å². The van der Waals surface area contributed by atoms with Crippen molar-refractivity contribution < 1.29 is 14.1 Å². The van der Waals surface area contributed by atoms with E-state index in [-0.39, 0.29) is 5.91 Å². The third-order valence-corrected chi connectivity index (χ3v) is 3.95. The maximum Gasteiger partial charge on any atom is 0.256 e. The molecule has 3 rings (SSSR count). The summed E-state index contributed by atoms with van der Waals surface area (Å²) in [6.07, 6.45) is 4.67. The number of carbonyl (C=O) groups excluding carboxylic acids is 1. The molecule has 1 fully saturated rings. The van der Waals surface area contributed by atoms with Gasteiger partial charge in [0, 0.05) is 25.3 Å². The summed E-state index contributed by atoms with van der Waals surface area (Å²) in [5.74, 6) is 1.03. The van der Waals surface area contributed by atoms with Crippen LogP contribution in [0.15, 0.2) is 41.1 Å². The van der Waals surface area contributed by atoms with Gasteiger partial charge in [-0.15, -0.1) is 0 Å². The number of carbonyl (C=O) groups is 1. The smallest absolute Gasteiger partial charge is 0.256 e. The van der Waals surface area contributed by atoms with Crippen LogP contribution in [0.1, 0.15) is 29.6 Å². The van der Waals surface area contributed by atoms with Gasteiger partial charge in [-0.2, -0.15) is 0 Å². The monoisotopic (exact) mass is 300 g/mol. The Morgan fingerprint density at radius 3 is 2.95 bits per heavy atom. The van der Waals surface area contributed by atoms with Gasteiger partial charge in [0.25, 0.3) is 5.91 Å². The molecule has 1 aromatic carbocycles. The van der Waals surface area contributed by atoms with Gasteiger partial charge in [-0.05, 0) is 25.2 Å². The van der Waals surface area contributed by atoms with Crippen LogP contribution < -0.4 is 5.32 Å². The minimum atomic E-state index is -0.136. The third-order valence-electron chi connectivity index (χ3n) is 3.95. The predicted molar refractivity (Wildman–Crippen MR) is 82.4 cm³/mol. The van der Waals surface area contributed by atoms with E-state index in [2.05, 4.69) is 10.5 Å². The van der Waals surface area contributed by atoms with E-state index >= 15 is 0 Å². The van der Waals surface area contributed by atoms with Gasteiger partial charge in [-0.3, -0.25) is 4.79 Å². The van der Waals surface area contributed by atoms with Crippen LogP contribution in [0.25, 0.3) is 11.3 Å². The molecule has 0 aliphatic carbocycles. The molecule has 0 saturated carbocycles. The number of nitrogens with zero attached hydrogens (tertiary/aromatic N) is 1. The van der Waals surface area contributed by atoms with Gasteiger partial charge in [-0.1, -0.05) is 35.5 Å². The Labute approximate surface area is 129 Å². The molecule has 1 aliphatic rings. The lowest BCUT2D eigenvalue weighted by Crippen LogP contribution is -2.25.